The number of halogens is 1. The molecule has 0 saturated heterocycles. The summed E-state index contributed by atoms with van der Waals surface area (Å²) in [6.07, 6.45) is -0.0539. The largest absolute Gasteiger partial charge is 0.356 e. The standard InChI is InChI=1S/C13H18FNO3S/c1-3-15-13(16)8-9-19(17,18)10(2)11-4-6-12(14)7-5-11/h4-7,10H,3,8-9H2,1-2H3,(H,15,16)/t10-/m1/s1. The summed E-state index contributed by atoms with van der Waals surface area (Å²) in [5.41, 5.74) is 0.525. The Balaban J connectivity index is 2.71. The highest BCUT2D eigenvalue weighted by Crippen LogP contribution is 2.23. The average molecular weight is 287 g/mol. The van der Waals surface area contributed by atoms with Crippen molar-refractivity contribution in [2.75, 3.05) is 12.3 Å². The average Bonchev–Trinajstić information content (AvgIpc) is 2.37. The van der Waals surface area contributed by atoms with E-state index < -0.39 is 20.9 Å². The SMILES string of the molecule is CCNC(=O)CCS(=O)(=O)[C@H](C)c1ccc(F)cc1. The minimum absolute atomic E-state index is 0.0539. The summed E-state index contributed by atoms with van der Waals surface area (Å²) < 4.78 is 36.9. The molecule has 0 spiro atoms. The van der Waals surface area contributed by atoms with E-state index in [1.807, 2.05) is 0 Å². The van der Waals surface area contributed by atoms with E-state index in [-0.39, 0.29) is 18.1 Å². The molecule has 0 aliphatic carbocycles. The molecular weight excluding hydrogens is 269 g/mol. The number of carbonyl (C=O) groups excluding carboxylic acids is 1. The van der Waals surface area contributed by atoms with Gasteiger partial charge in [0.15, 0.2) is 9.84 Å². The van der Waals surface area contributed by atoms with Gasteiger partial charge in [-0.05, 0) is 31.5 Å². The lowest BCUT2D eigenvalue weighted by Crippen LogP contribution is -2.26. The fraction of sp³-hybridized carbons (Fsp3) is 0.462. The van der Waals surface area contributed by atoms with Gasteiger partial charge in [0.05, 0.1) is 11.0 Å². The Kier molecular flexibility index (Phi) is 5.47. The van der Waals surface area contributed by atoms with Crippen LogP contribution >= 0.6 is 0 Å². The third kappa shape index (κ3) is 4.63. The second-order valence-corrected chi connectivity index (χ2v) is 6.71. The maximum atomic E-state index is 12.8. The normalized spacial score (nSPS) is 13.0. The van der Waals surface area contributed by atoms with E-state index >= 15 is 0 Å². The summed E-state index contributed by atoms with van der Waals surface area (Å²) in [7, 11) is -3.42. The van der Waals surface area contributed by atoms with Crippen LogP contribution in [-0.2, 0) is 14.6 Å². The van der Waals surface area contributed by atoms with Crippen molar-refractivity contribution in [1.29, 1.82) is 0 Å². The molecule has 106 valence electrons. The number of hydrogen-bond donors (Lipinski definition) is 1. The number of hydrogen-bond acceptors (Lipinski definition) is 3. The van der Waals surface area contributed by atoms with Crippen LogP contribution in [0.25, 0.3) is 0 Å². The van der Waals surface area contributed by atoms with Crippen LogP contribution in [-0.4, -0.2) is 26.6 Å². The Morgan fingerprint density at radius 2 is 1.89 bits per heavy atom. The fourth-order valence-electron chi connectivity index (χ4n) is 1.64. The van der Waals surface area contributed by atoms with Gasteiger partial charge < -0.3 is 5.32 Å². The lowest BCUT2D eigenvalue weighted by molar-refractivity contribution is -0.120. The second kappa shape index (κ2) is 6.65. The van der Waals surface area contributed by atoms with Gasteiger partial charge in [0.1, 0.15) is 5.82 Å². The molecule has 1 atom stereocenters. The van der Waals surface area contributed by atoms with Crippen LogP contribution in [0.1, 0.15) is 31.1 Å². The van der Waals surface area contributed by atoms with E-state index in [4.69, 9.17) is 0 Å². The third-order valence-electron chi connectivity index (χ3n) is 2.87. The molecule has 1 N–H and O–H groups in total. The van der Waals surface area contributed by atoms with Gasteiger partial charge in [0.25, 0.3) is 0 Å². The predicted molar refractivity (Wildman–Crippen MR) is 71.9 cm³/mol. The fourth-order valence-corrected chi connectivity index (χ4v) is 3.03. The zero-order chi connectivity index (χ0) is 14.5. The van der Waals surface area contributed by atoms with Crippen LogP contribution < -0.4 is 5.32 Å². The molecule has 0 saturated carbocycles. The van der Waals surface area contributed by atoms with Gasteiger partial charge in [-0.3, -0.25) is 4.79 Å². The van der Waals surface area contributed by atoms with Crippen molar-refractivity contribution in [2.24, 2.45) is 0 Å². The first-order chi connectivity index (χ1) is 8.86. The summed E-state index contributed by atoms with van der Waals surface area (Å²) in [5.74, 6) is -0.898. The van der Waals surface area contributed by atoms with Gasteiger partial charge in [-0.25, -0.2) is 12.8 Å². The number of benzene rings is 1. The third-order valence-corrected chi connectivity index (χ3v) is 4.99. The summed E-state index contributed by atoms with van der Waals surface area (Å²) in [4.78, 5) is 11.3. The molecule has 0 heterocycles. The summed E-state index contributed by atoms with van der Waals surface area (Å²) in [6.45, 7) is 3.79. The molecule has 0 aliphatic rings. The molecule has 1 aromatic carbocycles. The van der Waals surface area contributed by atoms with Crippen LogP contribution in [0, 0.1) is 5.82 Å². The first-order valence-electron chi connectivity index (χ1n) is 6.10. The van der Waals surface area contributed by atoms with E-state index in [0.717, 1.165) is 0 Å². The molecule has 0 radical (unpaired) electrons. The first kappa shape index (κ1) is 15.6. The topological polar surface area (TPSA) is 63.2 Å². The van der Waals surface area contributed by atoms with Gasteiger partial charge in [0.2, 0.25) is 5.91 Å². The van der Waals surface area contributed by atoms with E-state index in [2.05, 4.69) is 5.32 Å². The zero-order valence-electron chi connectivity index (χ0n) is 11.0. The highest BCUT2D eigenvalue weighted by molar-refractivity contribution is 7.91. The summed E-state index contributed by atoms with van der Waals surface area (Å²) in [5, 5.41) is 1.80. The molecule has 1 amide bonds. The Hall–Kier alpha value is -1.43. The Labute approximate surface area is 112 Å². The summed E-state index contributed by atoms with van der Waals surface area (Å²) in [6, 6.07) is 5.35. The summed E-state index contributed by atoms with van der Waals surface area (Å²) >= 11 is 0. The first-order valence-corrected chi connectivity index (χ1v) is 7.82. The maximum Gasteiger partial charge on any atom is 0.221 e. The Morgan fingerprint density at radius 1 is 1.32 bits per heavy atom. The quantitative estimate of drug-likeness (QED) is 0.868. The van der Waals surface area contributed by atoms with Crippen LogP contribution in [0.15, 0.2) is 24.3 Å². The number of carbonyl (C=O) groups is 1. The Morgan fingerprint density at radius 3 is 2.42 bits per heavy atom. The molecule has 0 fully saturated rings. The molecule has 0 aromatic heterocycles. The van der Waals surface area contributed by atoms with Gasteiger partial charge in [-0.1, -0.05) is 12.1 Å². The van der Waals surface area contributed by atoms with E-state index in [0.29, 0.717) is 12.1 Å². The Bertz CT molecular complexity index is 525. The number of nitrogens with one attached hydrogen (secondary N) is 1. The molecule has 4 nitrogen and oxygen atoms in total. The number of amides is 1. The van der Waals surface area contributed by atoms with E-state index in [9.17, 15) is 17.6 Å². The van der Waals surface area contributed by atoms with Crippen molar-refractivity contribution >= 4 is 15.7 Å². The van der Waals surface area contributed by atoms with Crippen LogP contribution in [0.5, 0.6) is 0 Å². The van der Waals surface area contributed by atoms with Crippen LogP contribution in [0.4, 0.5) is 4.39 Å². The van der Waals surface area contributed by atoms with Gasteiger partial charge in [-0.15, -0.1) is 0 Å². The van der Waals surface area contributed by atoms with Gasteiger partial charge in [-0.2, -0.15) is 0 Å². The van der Waals surface area contributed by atoms with Crippen LogP contribution in [0.3, 0.4) is 0 Å². The second-order valence-electron chi connectivity index (χ2n) is 4.26. The monoisotopic (exact) mass is 287 g/mol. The van der Waals surface area contributed by atoms with Crippen LogP contribution in [0.2, 0.25) is 0 Å². The van der Waals surface area contributed by atoms with Crippen molar-refractivity contribution in [2.45, 2.75) is 25.5 Å². The van der Waals surface area contributed by atoms with Crippen molar-refractivity contribution in [3.05, 3.63) is 35.6 Å². The molecule has 19 heavy (non-hydrogen) atoms. The smallest absolute Gasteiger partial charge is 0.221 e. The highest BCUT2D eigenvalue weighted by Gasteiger charge is 2.23. The lowest BCUT2D eigenvalue weighted by atomic mass is 10.2. The maximum absolute atomic E-state index is 12.8. The molecule has 0 unspecified atom stereocenters. The van der Waals surface area contributed by atoms with E-state index in [1.54, 1.807) is 13.8 Å². The number of sulfone groups is 1. The predicted octanol–water partition coefficient (Wildman–Crippen LogP) is 1.83. The van der Waals surface area contributed by atoms with Gasteiger partial charge in [0, 0.05) is 13.0 Å². The molecule has 1 rings (SSSR count). The molecule has 6 heteroatoms. The molecule has 1 aromatic rings. The highest BCUT2D eigenvalue weighted by atomic mass is 32.2. The number of rotatable bonds is 6. The zero-order valence-corrected chi connectivity index (χ0v) is 11.8. The van der Waals surface area contributed by atoms with Gasteiger partial charge >= 0.3 is 0 Å². The van der Waals surface area contributed by atoms with Crippen molar-refractivity contribution < 1.29 is 17.6 Å². The minimum Gasteiger partial charge on any atom is -0.356 e. The minimum atomic E-state index is -3.42. The van der Waals surface area contributed by atoms with Crippen molar-refractivity contribution in [1.82, 2.24) is 5.32 Å². The van der Waals surface area contributed by atoms with E-state index in [1.165, 1.54) is 24.3 Å². The molecule has 0 bridgehead atoms. The molecular formula is C13H18FNO3S. The molecule has 0 aliphatic heterocycles. The lowest BCUT2D eigenvalue weighted by Gasteiger charge is -2.13. The van der Waals surface area contributed by atoms with Crippen molar-refractivity contribution in [3.8, 4) is 0 Å². The van der Waals surface area contributed by atoms with Crippen molar-refractivity contribution in [3.63, 3.8) is 0 Å².